The van der Waals surface area contributed by atoms with E-state index in [9.17, 15) is 9.59 Å². The molecule has 0 spiro atoms. The first-order chi connectivity index (χ1) is 10.0. The van der Waals surface area contributed by atoms with Gasteiger partial charge in [-0.15, -0.1) is 0 Å². The van der Waals surface area contributed by atoms with E-state index in [0.717, 1.165) is 34.1 Å². The third kappa shape index (κ3) is 2.69. The van der Waals surface area contributed by atoms with Crippen LogP contribution < -0.4 is 16.1 Å². The van der Waals surface area contributed by atoms with Crippen molar-refractivity contribution >= 4 is 16.8 Å². The molecule has 0 bridgehead atoms. The van der Waals surface area contributed by atoms with Crippen LogP contribution in [0.15, 0.2) is 23.0 Å². The van der Waals surface area contributed by atoms with Crippen LogP contribution in [0.25, 0.3) is 10.9 Å². The number of fused-ring (bicyclic) bond motifs is 1. The predicted octanol–water partition coefficient (Wildman–Crippen LogP) is 1.12. The van der Waals surface area contributed by atoms with Crippen molar-refractivity contribution < 1.29 is 4.79 Å². The molecule has 1 fully saturated rings. The zero-order chi connectivity index (χ0) is 15.0. The van der Waals surface area contributed by atoms with Gasteiger partial charge in [0.05, 0.1) is 11.6 Å². The Labute approximate surface area is 122 Å². The van der Waals surface area contributed by atoms with Gasteiger partial charge < -0.3 is 15.6 Å². The summed E-state index contributed by atoms with van der Waals surface area (Å²) < 4.78 is 0. The van der Waals surface area contributed by atoms with Crippen molar-refractivity contribution in [3.8, 4) is 0 Å². The third-order valence-corrected chi connectivity index (χ3v) is 3.92. The first-order valence-corrected chi connectivity index (χ1v) is 7.19. The van der Waals surface area contributed by atoms with Gasteiger partial charge in [-0.25, -0.2) is 0 Å². The number of amides is 1. The van der Waals surface area contributed by atoms with Crippen LogP contribution in [0, 0.1) is 13.8 Å². The second kappa shape index (κ2) is 5.33. The minimum atomic E-state index is -0.164. The molecule has 1 amide bonds. The standard InChI is InChI=1S/C16H19N3O2/c1-9-5-10(2)15-12(6-9)14(20)7-11(19-15)8-18-13-3-4-17-16(13)21/h5-7,13,18H,3-4,8H2,1-2H3,(H,17,21)(H,19,20)/t13-/m0/s1. The molecule has 0 aliphatic carbocycles. The number of hydrogen-bond donors (Lipinski definition) is 3. The monoisotopic (exact) mass is 285 g/mol. The molecule has 1 saturated heterocycles. The summed E-state index contributed by atoms with van der Waals surface area (Å²) in [7, 11) is 0. The third-order valence-electron chi connectivity index (χ3n) is 3.92. The van der Waals surface area contributed by atoms with Crippen LogP contribution in [0.3, 0.4) is 0 Å². The van der Waals surface area contributed by atoms with Gasteiger partial charge in [-0.3, -0.25) is 9.59 Å². The minimum absolute atomic E-state index is 0.0169. The topological polar surface area (TPSA) is 74.0 Å². The molecular formula is C16H19N3O2. The van der Waals surface area contributed by atoms with Gasteiger partial charge in [0.25, 0.3) is 0 Å². The number of hydrogen-bond acceptors (Lipinski definition) is 3. The highest BCUT2D eigenvalue weighted by Crippen LogP contribution is 2.16. The van der Waals surface area contributed by atoms with Crippen LogP contribution in [0.4, 0.5) is 0 Å². The molecule has 2 aromatic rings. The molecule has 21 heavy (non-hydrogen) atoms. The molecule has 1 aliphatic rings. The Hall–Kier alpha value is -2.14. The molecule has 110 valence electrons. The molecule has 1 aromatic carbocycles. The Morgan fingerprint density at radius 2 is 2.05 bits per heavy atom. The lowest BCUT2D eigenvalue weighted by atomic mass is 10.1. The van der Waals surface area contributed by atoms with Crippen molar-refractivity contribution in [2.24, 2.45) is 0 Å². The van der Waals surface area contributed by atoms with Crippen LogP contribution in [-0.2, 0) is 11.3 Å². The van der Waals surface area contributed by atoms with E-state index >= 15 is 0 Å². The van der Waals surface area contributed by atoms with E-state index < -0.39 is 0 Å². The van der Waals surface area contributed by atoms with E-state index in [4.69, 9.17) is 0 Å². The highest BCUT2D eigenvalue weighted by Gasteiger charge is 2.23. The summed E-state index contributed by atoms with van der Waals surface area (Å²) in [6, 6.07) is 5.41. The van der Waals surface area contributed by atoms with Crippen molar-refractivity contribution in [1.29, 1.82) is 0 Å². The SMILES string of the molecule is Cc1cc(C)c2[nH]c(CN[C@H]3CCNC3=O)cc(=O)c2c1. The molecule has 3 rings (SSSR count). The summed E-state index contributed by atoms with van der Waals surface area (Å²) >= 11 is 0. The first kappa shape index (κ1) is 13.8. The van der Waals surface area contributed by atoms with Crippen LogP contribution in [0.1, 0.15) is 23.2 Å². The van der Waals surface area contributed by atoms with E-state index in [2.05, 4.69) is 21.7 Å². The fourth-order valence-electron chi connectivity index (χ4n) is 2.88. The highest BCUT2D eigenvalue weighted by atomic mass is 16.2. The van der Waals surface area contributed by atoms with E-state index in [0.29, 0.717) is 13.1 Å². The smallest absolute Gasteiger partial charge is 0.237 e. The maximum atomic E-state index is 12.2. The van der Waals surface area contributed by atoms with Crippen molar-refractivity contribution in [2.45, 2.75) is 32.9 Å². The summed E-state index contributed by atoms with van der Waals surface area (Å²) in [5.74, 6) is 0.0324. The number of rotatable bonds is 3. The Morgan fingerprint density at radius 3 is 2.76 bits per heavy atom. The Morgan fingerprint density at radius 1 is 1.24 bits per heavy atom. The molecule has 1 aromatic heterocycles. The molecular weight excluding hydrogens is 266 g/mol. The van der Waals surface area contributed by atoms with Gasteiger partial charge in [-0.05, 0) is 37.5 Å². The van der Waals surface area contributed by atoms with Crippen LogP contribution in [-0.4, -0.2) is 23.5 Å². The summed E-state index contributed by atoms with van der Waals surface area (Å²) in [4.78, 5) is 27.1. The fraction of sp³-hybridized carbons (Fsp3) is 0.375. The van der Waals surface area contributed by atoms with Crippen LogP contribution >= 0.6 is 0 Å². The Bertz CT molecular complexity index is 764. The average Bonchev–Trinajstić information content (AvgIpc) is 2.83. The van der Waals surface area contributed by atoms with Gasteiger partial charge in [0.15, 0.2) is 5.43 Å². The van der Waals surface area contributed by atoms with Crippen molar-refractivity contribution in [2.75, 3.05) is 6.54 Å². The highest BCUT2D eigenvalue weighted by molar-refractivity contribution is 5.84. The zero-order valence-corrected chi connectivity index (χ0v) is 12.2. The number of H-pyrrole nitrogens is 1. The Balaban J connectivity index is 1.90. The molecule has 5 nitrogen and oxygen atoms in total. The summed E-state index contributed by atoms with van der Waals surface area (Å²) in [6.45, 7) is 5.17. The number of carbonyl (C=O) groups is 1. The van der Waals surface area contributed by atoms with Gasteiger partial charge >= 0.3 is 0 Å². The predicted molar refractivity (Wildman–Crippen MR) is 82.3 cm³/mol. The molecule has 2 heterocycles. The molecule has 1 atom stereocenters. The number of aromatic nitrogens is 1. The zero-order valence-electron chi connectivity index (χ0n) is 12.2. The van der Waals surface area contributed by atoms with Gasteiger partial charge in [0, 0.05) is 30.2 Å². The number of nitrogens with one attached hydrogen (secondary N) is 3. The fourth-order valence-corrected chi connectivity index (χ4v) is 2.88. The number of carbonyl (C=O) groups excluding carboxylic acids is 1. The molecule has 0 unspecified atom stereocenters. The second-order valence-corrected chi connectivity index (χ2v) is 5.68. The van der Waals surface area contributed by atoms with Crippen molar-refractivity contribution in [3.05, 3.63) is 45.2 Å². The number of aryl methyl sites for hydroxylation is 2. The number of benzene rings is 1. The van der Waals surface area contributed by atoms with E-state index in [-0.39, 0.29) is 17.4 Å². The van der Waals surface area contributed by atoms with E-state index in [1.165, 1.54) is 0 Å². The first-order valence-electron chi connectivity index (χ1n) is 7.19. The average molecular weight is 285 g/mol. The number of pyridine rings is 1. The molecule has 0 saturated carbocycles. The normalized spacial score (nSPS) is 18.2. The van der Waals surface area contributed by atoms with Crippen LogP contribution in [0.2, 0.25) is 0 Å². The Kier molecular flexibility index (Phi) is 3.51. The minimum Gasteiger partial charge on any atom is -0.357 e. The maximum Gasteiger partial charge on any atom is 0.237 e. The summed E-state index contributed by atoms with van der Waals surface area (Å²) in [5.41, 5.74) is 3.84. The van der Waals surface area contributed by atoms with E-state index in [1.807, 2.05) is 19.9 Å². The molecule has 3 N–H and O–H groups in total. The lowest BCUT2D eigenvalue weighted by Crippen LogP contribution is -2.36. The van der Waals surface area contributed by atoms with Crippen molar-refractivity contribution in [1.82, 2.24) is 15.6 Å². The van der Waals surface area contributed by atoms with Crippen molar-refractivity contribution in [3.63, 3.8) is 0 Å². The van der Waals surface area contributed by atoms with Gasteiger partial charge in [-0.2, -0.15) is 0 Å². The second-order valence-electron chi connectivity index (χ2n) is 5.68. The van der Waals surface area contributed by atoms with Gasteiger partial charge in [0.2, 0.25) is 5.91 Å². The van der Waals surface area contributed by atoms with Gasteiger partial charge in [0.1, 0.15) is 0 Å². The van der Waals surface area contributed by atoms with Gasteiger partial charge in [-0.1, -0.05) is 6.07 Å². The van der Waals surface area contributed by atoms with E-state index in [1.54, 1.807) is 6.07 Å². The van der Waals surface area contributed by atoms with Crippen LogP contribution in [0.5, 0.6) is 0 Å². The number of aromatic amines is 1. The molecule has 1 aliphatic heterocycles. The molecule has 0 radical (unpaired) electrons. The summed E-state index contributed by atoms with van der Waals surface area (Å²) in [6.07, 6.45) is 0.787. The lowest BCUT2D eigenvalue weighted by molar-refractivity contribution is -0.120. The maximum absolute atomic E-state index is 12.2. The summed E-state index contributed by atoms with van der Waals surface area (Å²) in [5, 5.41) is 6.69. The largest absolute Gasteiger partial charge is 0.357 e. The molecule has 5 heteroatoms. The lowest BCUT2D eigenvalue weighted by Gasteiger charge is -2.11. The quantitative estimate of drug-likeness (QED) is 0.791.